The molecule has 41 heavy (non-hydrogen) atoms. The number of nitrogens with one attached hydrogen (secondary N) is 1. The summed E-state index contributed by atoms with van der Waals surface area (Å²) in [6.07, 6.45) is 1.59. The summed E-state index contributed by atoms with van der Waals surface area (Å²) < 4.78 is 27.2. The average Bonchev–Trinajstić information content (AvgIpc) is 3.40. The molecule has 1 N–H and O–H groups in total. The Balaban J connectivity index is 1.32. The van der Waals surface area contributed by atoms with Gasteiger partial charge in [0.2, 0.25) is 10.9 Å². The van der Waals surface area contributed by atoms with Crippen molar-refractivity contribution in [2.24, 2.45) is 9.39 Å². The molecule has 0 aliphatic carbocycles. The highest BCUT2D eigenvalue weighted by Gasteiger charge is 2.37. The molecular formula is C29H25ClN4O5S2. The average molecular weight is 609 g/mol. The zero-order valence-electron chi connectivity index (χ0n) is 22.1. The minimum absolute atomic E-state index is 0.000654. The Morgan fingerprint density at radius 2 is 1.66 bits per heavy atom. The van der Waals surface area contributed by atoms with Gasteiger partial charge in [0.05, 0.1) is 36.8 Å². The second-order valence-electron chi connectivity index (χ2n) is 8.56. The number of amidine groups is 3. The van der Waals surface area contributed by atoms with Gasteiger partial charge < -0.3 is 18.9 Å². The fourth-order valence-electron chi connectivity index (χ4n) is 3.97. The number of halogens is 1. The number of ether oxygens (including phenoxy) is 4. The molecule has 0 spiro atoms. The van der Waals surface area contributed by atoms with Gasteiger partial charge in [-0.3, -0.25) is 10.2 Å². The third-order valence-corrected chi connectivity index (χ3v) is 8.06. The fourth-order valence-corrected chi connectivity index (χ4v) is 5.96. The van der Waals surface area contributed by atoms with E-state index < -0.39 is 5.91 Å². The van der Waals surface area contributed by atoms with Gasteiger partial charge in [0, 0.05) is 5.75 Å². The number of benzene rings is 3. The second-order valence-corrected chi connectivity index (χ2v) is 10.6. The van der Waals surface area contributed by atoms with Crippen LogP contribution in [0.4, 0.5) is 0 Å². The summed E-state index contributed by atoms with van der Waals surface area (Å²) in [5.41, 5.74) is 1.82. The van der Waals surface area contributed by atoms with E-state index in [2.05, 4.69) is 9.39 Å². The lowest BCUT2D eigenvalue weighted by Gasteiger charge is -2.24. The lowest BCUT2D eigenvalue weighted by molar-refractivity contribution is -0.114. The fraction of sp³-hybridized carbons (Fsp3) is 0.172. The Morgan fingerprint density at radius 1 is 0.976 bits per heavy atom. The van der Waals surface area contributed by atoms with Crippen molar-refractivity contribution in [3.63, 3.8) is 0 Å². The van der Waals surface area contributed by atoms with Gasteiger partial charge in [-0.2, -0.15) is 9.39 Å². The van der Waals surface area contributed by atoms with Crippen LogP contribution in [0.1, 0.15) is 11.1 Å². The van der Waals surface area contributed by atoms with Crippen LogP contribution in [-0.4, -0.2) is 54.4 Å². The number of carbonyl (C=O) groups is 1. The zero-order valence-corrected chi connectivity index (χ0v) is 24.5. The Hall–Kier alpha value is -3.93. The third-order valence-electron chi connectivity index (χ3n) is 5.92. The van der Waals surface area contributed by atoms with Crippen molar-refractivity contribution in [3.8, 4) is 23.0 Å². The molecule has 3 aromatic carbocycles. The number of thioether (sulfide) groups is 1. The van der Waals surface area contributed by atoms with Gasteiger partial charge in [-0.05, 0) is 41.5 Å². The van der Waals surface area contributed by atoms with Crippen LogP contribution >= 0.6 is 35.3 Å². The first-order valence-electron chi connectivity index (χ1n) is 12.4. The van der Waals surface area contributed by atoms with Crippen LogP contribution < -0.4 is 18.9 Å². The van der Waals surface area contributed by atoms with Crippen molar-refractivity contribution in [3.05, 3.63) is 88.5 Å². The lowest BCUT2D eigenvalue weighted by Crippen LogP contribution is -2.41. The summed E-state index contributed by atoms with van der Waals surface area (Å²) in [6, 6.07) is 20.6. The number of amides is 1. The van der Waals surface area contributed by atoms with E-state index in [0.717, 1.165) is 17.5 Å². The number of carbonyl (C=O) groups excluding carboxylic acids is 1. The van der Waals surface area contributed by atoms with E-state index in [1.807, 2.05) is 42.5 Å². The van der Waals surface area contributed by atoms with Crippen molar-refractivity contribution in [1.82, 2.24) is 4.90 Å². The molecule has 3 aromatic rings. The van der Waals surface area contributed by atoms with Crippen molar-refractivity contribution in [2.45, 2.75) is 5.75 Å². The zero-order chi connectivity index (χ0) is 28.8. The summed E-state index contributed by atoms with van der Waals surface area (Å²) >= 11 is 8.71. The SMILES string of the molecule is COc1cc(C=C2C(=N)N3C(SCc4ccccc4)=NSC3=NC2=O)cc(OC)c1OCCOc1ccccc1Cl. The summed E-state index contributed by atoms with van der Waals surface area (Å²) in [5.74, 6) is 1.88. The Morgan fingerprint density at radius 3 is 2.37 bits per heavy atom. The molecule has 2 aliphatic heterocycles. The Labute approximate surface area is 250 Å². The largest absolute Gasteiger partial charge is 0.493 e. The molecule has 210 valence electrons. The quantitative estimate of drug-likeness (QED) is 0.162. The molecule has 2 heterocycles. The summed E-state index contributed by atoms with van der Waals surface area (Å²) in [7, 11) is 3.02. The normalized spacial score (nSPS) is 15.4. The molecule has 5 rings (SSSR count). The number of fused-ring (bicyclic) bond motifs is 1. The molecule has 0 bridgehead atoms. The molecule has 0 saturated heterocycles. The highest BCUT2D eigenvalue weighted by molar-refractivity contribution is 8.18. The van der Waals surface area contributed by atoms with Crippen LogP contribution in [0.3, 0.4) is 0 Å². The first kappa shape index (κ1) is 28.6. The van der Waals surface area contributed by atoms with Gasteiger partial charge in [-0.25, -0.2) is 4.90 Å². The third kappa shape index (κ3) is 6.53. The molecule has 1 amide bonds. The molecule has 0 aromatic heterocycles. The standard InChI is InChI=1S/C29H25ClN4O5S2/c1-36-23-15-19(16-24(37-2)25(23)39-13-12-38-22-11-7-6-10-21(22)30)14-20-26(31)34-28(32-27(20)35)41-33-29(34)40-17-18-8-4-3-5-9-18/h3-11,14-16,31H,12-13,17H2,1-2H3. The van der Waals surface area contributed by atoms with Gasteiger partial charge >= 0.3 is 0 Å². The maximum Gasteiger partial charge on any atom is 0.283 e. The molecule has 0 fully saturated rings. The summed E-state index contributed by atoms with van der Waals surface area (Å²) in [6.45, 7) is 0.447. The van der Waals surface area contributed by atoms with Gasteiger partial charge in [-0.15, -0.1) is 0 Å². The maximum absolute atomic E-state index is 12.9. The minimum atomic E-state index is -0.520. The van der Waals surface area contributed by atoms with Crippen LogP contribution in [-0.2, 0) is 10.5 Å². The number of para-hydroxylation sites is 1. The van der Waals surface area contributed by atoms with Crippen molar-refractivity contribution in [2.75, 3.05) is 27.4 Å². The first-order valence-corrected chi connectivity index (χ1v) is 14.5. The van der Waals surface area contributed by atoms with Gasteiger partial charge in [0.25, 0.3) is 5.91 Å². The predicted molar refractivity (Wildman–Crippen MR) is 165 cm³/mol. The van der Waals surface area contributed by atoms with E-state index >= 15 is 0 Å². The van der Waals surface area contributed by atoms with Crippen LogP contribution in [0.5, 0.6) is 23.0 Å². The Kier molecular flexibility index (Phi) is 9.17. The van der Waals surface area contributed by atoms with E-state index in [9.17, 15) is 4.79 Å². The van der Waals surface area contributed by atoms with E-state index in [1.54, 1.807) is 35.2 Å². The maximum atomic E-state index is 12.9. The minimum Gasteiger partial charge on any atom is -0.493 e. The number of aliphatic imine (C=N–C) groups is 1. The highest BCUT2D eigenvalue weighted by Crippen LogP contribution is 2.40. The van der Waals surface area contributed by atoms with Crippen molar-refractivity contribution < 1.29 is 23.7 Å². The van der Waals surface area contributed by atoms with Gasteiger partial charge in [0.1, 0.15) is 24.8 Å². The number of hydrogen-bond donors (Lipinski definition) is 1. The number of nitrogens with zero attached hydrogens (tertiary/aromatic N) is 3. The number of hydrogen-bond acceptors (Lipinski definition) is 9. The van der Waals surface area contributed by atoms with E-state index in [0.29, 0.717) is 49.7 Å². The molecular weight excluding hydrogens is 584 g/mol. The molecule has 0 saturated carbocycles. The first-order chi connectivity index (χ1) is 20.0. The topological polar surface area (TPSA) is 106 Å². The molecule has 12 heteroatoms. The summed E-state index contributed by atoms with van der Waals surface area (Å²) in [4.78, 5) is 18.7. The van der Waals surface area contributed by atoms with Crippen LogP contribution in [0.2, 0.25) is 5.02 Å². The van der Waals surface area contributed by atoms with Crippen LogP contribution in [0.25, 0.3) is 6.08 Å². The van der Waals surface area contributed by atoms with Crippen molar-refractivity contribution >= 4 is 63.5 Å². The molecule has 0 radical (unpaired) electrons. The highest BCUT2D eigenvalue weighted by atomic mass is 35.5. The van der Waals surface area contributed by atoms with E-state index in [1.165, 1.54) is 26.0 Å². The molecule has 2 aliphatic rings. The van der Waals surface area contributed by atoms with Gasteiger partial charge in [0.15, 0.2) is 16.7 Å². The monoisotopic (exact) mass is 608 g/mol. The predicted octanol–water partition coefficient (Wildman–Crippen LogP) is 6.33. The molecule has 9 nitrogen and oxygen atoms in total. The Bertz CT molecular complexity index is 1540. The molecule has 0 unspecified atom stereocenters. The van der Waals surface area contributed by atoms with Crippen LogP contribution in [0, 0.1) is 5.41 Å². The lowest BCUT2D eigenvalue weighted by atomic mass is 10.1. The number of methoxy groups -OCH3 is 2. The number of rotatable bonds is 10. The summed E-state index contributed by atoms with van der Waals surface area (Å²) in [5, 5.41) is 10.3. The van der Waals surface area contributed by atoms with Crippen molar-refractivity contribution in [1.29, 1.82) is 5.41 Å². The van der Waals surface area contributed by atoms with E-state index in [-0.39, 0.29) is 24.6 Å². The van der Waals surface area contributed by atoms with Crippen LogP contribution in [0.15, 0.2) is 81.7 Å². The van der Waals surface area contributed by atoms with E-state index in [4.69, 9.17) is 36.0 Å². The van der Waals surface area contributed by atoms with Gasteiger partial charge in [-0.1, -0.05) is 65.8 Å². The second kappa shape index (κ2) is 13.2. The molecule has 0 atom stereocenters. The smallest absolute Gasteiger partial charge is 0.283 e.